The van der Waals surface area contributed by atoms with Crippen molar-refractivity contribution in [3.05, 3.63) is 0 Å². The molecule has 0 rings (SSSR count). The van der Waals surface area contributed by atoms with E-state index in [4.69, 9.17) is 10.00 Å². The SMILES string of the molecule is CCOC(=S)N(C#N)C(C)=O. The minimum atomic E-state index is -0.439. The topological polar surface area (TPSA) is 53.3 Å². The molecule has 0 aliphatic heterocycles. The molecule has 0 aromatic heterocycles. The highest BCUT2D eigenvalue weighted by Crippen LogP contribution is 1.92. The quantitative estimate of drug-likeness (QED) is 0.331. The van der Waals surface area contributed by atoms with Crippen molar-refractivity contribution in [2.24, 2.45) is 0 Å². The van der Waals surface area contributed by atoms with Crippen LogP contribution < -0.4 is 0 Å². The Bertz CT molecular complexity index is 209. The summed E-state index contributed by atoms with van der Waals surface area (Å²) in [6.45, 7) is 3.32. The predicted octanol–water partition coefficient (Wildman–Crippen LogP) is 0.637. The maximum atomic E-state index is 10.6. The van der Waals surface area contributed by atoms with Crippen molar-refractivity contribution in [2.75, 3.05) is 6.61 Å². The maximum absolute atomic E-state index is 10.6. The van der Waals surface area contributed by atoms with Crippen molar-refractivity contribution in [3.63, 3.8) is 0 Å². The third kappa shape index (κ3) is 2.96. The van der Waals surface area contributed by atoms with Crippen molar-refractivity contribution in [3.8, 4) is 6.19 Å². The van der Waals surface area contributed by atoms with Crippen molar-refractivity contribution in [1.82, 2.24) is 4.90 Å². The molecular weight excluding hydrogens is 164 g/mol. The van der Waals surface area contributed by atoms with Crippen molar-refractivity contribution >= 4 is 23.3 Å². The molecule has 1 amide bonds. The van der Waals surface area contributed by atoms with Crippen LogP contribution in [0.4, 0.5) is 0 Å². The smallest absolute Gasteiger partial charge is 0.280 e. The first-order chi connectivity index (χ1) is 5.13. The van der Waals surface area contributed by atoms with E-state index in [9.17, 15) is 4.79 Å². The lowest BCUT2D eigenvalue weighted by molar-refractivity contribution is -0.123. The molecule has 0 bridgehead atoms. The predicted molar refractivity (Wildman–Crippen MR) is 42.4 cm³/mol. The summed E-state index contributed by atoms with van der Waals surface area (Å²) < 4.78 is 4.77. The molecule has 0 fully saturated rings. The number of nitrogens with zero attached hydrogens (tertiary/aromatic N) is 2. The average Bonchev–Trinajstić information content (AvgIpc) is 1.88. The van der Waals surface area contributed by atoms with E-state index in [2.05, 4.69) is 12.2 Å². The van der Waals surface area contributed by atoms with Gasteiger partial charge in [-0.2, -0.15) is 10.2 Å². The largest absolute Gasteiger partial charge is 0.470 e. The van der Waals surface area contributed by atoms with Gasteiger partial charge < -0.3 is 4.74 Å². The highest BCUT2D eigenvalue weighted by Gasteiger charge is 2.13. The zero-order chi connectivity index (χ0) is 8.85. The number of carbonyl (C=O) groups is 1. The third-order valence-corrected chi connectivity index (χ3v) is 1.17. The molecule has 11 heavy (non-hydrogen) atoms. The van der Waals surface area contributed by atoms with E-state index in [0.29, 0.717) is 6.61 Å². The van der Waals surface area contributed by atoms with Crippen molar-refractivity contribution in [1.29, 1.82) is 5.26 Å². The molecule has 0 saturated carbocycles. The first kappa shape index (κ1) is 9.85. The first-order valence-corrected chi connectivity index (χ1v) is 3.41. The van der Waals surface area contributed by atoms with Crippen LogP contribution in [0.1, 0.15) is 13.8 Å². The molecule has 5 heteroatoms. The Balaban J connectivity index is 4.18. The van der Waals surface area contributed by atoms with Gasteiger partial charge in [0.25, 0.3) is 5.17 Å². The van der Waals surface area contributed by atoms with Gasteiger partial charge in [0, 0.05) is 6.92 Å². The molecule has 0 spiro atoms. The number of nitriles is 1. The lowest BCUT2D eigenvalue weighted by atomic mass is 10.6. The van der Waals surface area contributed by atoms with Crippen LogP contribution in [-0.4, -0.2) is 22.6 Å². The molecule has 0 atom stereocenters. The van der Waals surface area contributed by atoms with Crippen LogP contribution in [0.5, 0.6) is 0 Å². The van der Waals surface area contributed by atoms with Crippen LogP contribution in [0.15, 0.2) is 0 Å². The Labute approximate surface area is 70.4 Å². The second kappa shape index (κ2) is 4.63. The summed E-state index contributed by atoms with van der Waals surface area (Å²) >= 11 is 4.61. The summed E-state index contributed by atoms with van der Waals surface area (Å²) in [5, 5.41) is 8.29. The van der Waals surface area contributed by atoms with E-state index in [1.807, 2.05) is 0 Å². The Morgan fingerprint density at radius 2 is 2.36 bits per heavy atom. The number of rotatable bonds is 1. The second-order valence-electron chi connectivity index (χ2n) is 1.65. The van der Waals surface area contributed by atoms with Gasteiger partial charge in [-0.1, -0.05) is 0 Å². The first-order valence-electron chi connectivity index (χ1n) is 3.00. The summed E-state index contributed by atoms with van der Waals surface area (Å²) in [6, 6.07) is 0. The van der Waals surface area contributed by atoms with E-state index >= 15 is 0 Å². The summed E-state index contributed by atoms with van der Waals surface area (Å²) in [6.07, 6.45) is 1.60. The molecule has 0 radical (unpaired) electrons. The average molecular weight is 172 g/mol. The van der Waals surface area contributed by atoms with Gasteiger partial charge in [-0.3, -0.25) is 4.79 Å². The van der Waals surface area contributed by atoms with Crippen LogP contribution in [0.2, 0.25) is 0 Å². The maximum Gasteiger partial charge on any atom is 0.280 e. The van der Waals surface area contributed by atoms with Crippen LogP contribution in [0, 0.1) is 11.5 Å². The molecule has 0 aromatic carbocycles. The lowest BCUT2D eigenvalue weighted by Gasteiger charge is -2.10. The monoisotopic (exact) mass is 172 g/mol. The fraction of sp³-hybridized carbons (Fsp3) is 0.500. The summed E-state index contributed by atoms with van der Waals surface area (Å²) in [7, 11) is 0. The Kier molecular flexibility index (Phi) is 4.15. The number of amides is 1. The van der Waals surface area contributed by atoms with Crippen LogP contribution in [0.3, 0.4) is 0 Å². The highest BCUT2D eigenvalue weighted by molar-refractivity contribution is 7.80. The van der Waals surface area contributed by atoms with E-state index in [0.717, 1.165) is 4.90 Å². The molecule has 60 valence electrons. The van der Waals surface area contributed by atoms with Gasteiger partial charge >= 0.3 is 0 Å². The van der Waals surface area contributed by atoms with Crippen molar-refractivity contribution in [2.45, 2.75) is 13.8 Å². The zero-order valence-electron chi connectivity index (χ0n) is 6.33. The molecule has 0 saturated heterocycles. The minimum Gasteiger partial charge on any atom is -0.470 e. The summed E-state index contributed by atoms with van der Waals surface area (Å²) in [5.41, 5.74) is 0. The molecule has 0 aromatic rings. The van der Waals surface area contributed by atoms with Crippen molar-refractivity contribution < 1.29 is 9.53 Å². The standard InChI is InChI=1S/C6H8N2O2S/c1-3-10-6(11)8(4-7)5(2)9/h3H2,1-2H3. The van der Waals surface area contributed by atoms with Gasteiger partial charge in [0.15, 0.2) is 6.19 Å². The van der Waals surface area contributed by atoms with Gasteiger partial charge in [0.05, 0.1) is 6.61 Å². The lowest BCUT2D eigenvalue weighted by Crippen LogP contribution is -2.30. The molecule has 0 N–H and O–H groups in total. The van der Waals surface area contributed by atoms with Crippen LogP contribution in [-0.2, 0) is 9.53 Å². The van der Waals surface area contributed by atoms with Gasteiger partial charge in [0.2, 0.25) is 5.91 Å². The second-order valence-corrected chi connectivity index (χ2v) is 2.00. The van der Waals surface area contributed by atoms with E-state index in [1.54, 1.807) is 13.1 Å². The number of ether oxygens (including phenoxy) is 1. The minimum absolute atomic E-state index is 0.0949. The molecule has 0 aliphatic carbocycles. The summed E-state index contributed by atoms with van der Waals surface area (Å²) in [5.74, 6) is -0.439. The van der Waals surface area contributed by atoms with E-state index in [-0.39, 0.29) is 5.17 Å². The van der Waals surface area contributed by atoms with Crippen LogP contribution >= 0.6 is 12.2 Å². The van der Waals surface area contributed by atoms with E-state index in [1.165, 1.54) is 6.92 Å². The Morgan fingerprint density at radius 3 is 2.64 bits per heavy atom. The summed E-state index contributed by atoms with van der Waals surface area (Å²) in [4.78, 5) is 11.3. The Morgan fingerprint density at radius 1 is 1.82 bits per heavy atom. The normalized spacial score (nSPS) is 8.09. The number of carbonyl (C=O) groups excluding carboxylic acids is 1. The van der Waals surface area contributed by atoms with Gasteiger partial charge in [0.1, 0.15) is 0 Å². The molecule has 0 aliphatic rings. The van der Waals surface area contributed by atoms with Gasteiger partial charge in [-0.05, 0) is 19.1 Å². The van der Waals surface area contributed by atoms with Gasteiger partial charge in [-0.15, -0.1) is 0 Å². The molecule has 4 nitrogen and oxygen atoms in total. The molecule has 0 unspecified atom stereocenters. The van der Waals surface area contributed by atoms with Crippen LogP contribution in [0.25, 0.3) is 0 Å². The van der Waals surface area contributed by atoms with Gasteiger partial charge in [-0.25, -0.2) is 0 Å². The Hall–Kier alpha value is -1.15. The van der Waals surface area contributed by atoms with E-state index < -0.39 is 5.91 Å². The highest BCUT2D eigenvalue weighted by atomic mass is 32.1. The number of hydrogen-bond acceptors (Lipinski definition) is 4. The fourth-order valence-electron chi connectivity index (χ4n) is 0.428. The number of thiocarbonyl (C=S) groups is 1. The molecule has 0 heterocycles. The third-order valence-electron chi connectivity index (χ3n) is 0.865. The molecular formula is C6H8N2O2S. The fourth-order valence-corrected chi connectivity index (χ4v) is 0.715. The zero-order valence-corrected chi connectivity index (χ0v) is 7.14. The number of hydrogen-bond donors (Lipinski definition) is 0.